The van der Waals surface area contributed by atoms with Crippen LogP contribution in [0.3, 0.4) is 0 Å². The van der Waals surface area contributed by atoms with Gasteiger partial charge in [-0.2, -0.15) is 18.3 Å². The molecule has 1 N–H and O–H groups in total. The van der Waals surface area contributed by atoms with Gasteiger partial charge in [-0.25, -0.2) is 13.8 Å². The molecule has 0 atom stereocenters. The lowest BCUT2D eigenvalue weighted by Crippen LogP contribution is -2.38. The van der Waals surface area contributed by atoms with Gasteiger partial charge in [0.25, 0.3) is 0 Å². The van der Waals surface area contributed by atoms with Crippen molar-refractivity contribution >= 4 is 11.0 Å². The van der Waals surface area contributed by atoms with Crippen molar-refractivity contribution in [3.8, 4) is 28.4 Å². The van der Waals surface area contributed by atoms with Crippen molar-refractivity contribution in [3.05, 3.63) is 83.8 Å². The molecule has 8 nitrogen and oxygen atoms in total. The number of nitrogens with one attached hydrogen (secondary N) is 1. The summed E-state index contributed by atoms with van der Waals surface area (Å²) >= 11 is 0. The number of fused-ring (bicyclic) bond motifs is 1. The molecular formula is C29H24F5N6O2+. The topological polar surface area (TPSA) is 89.7 Å². The van der Waals surface area contributed by atoms with Crippen LogP contribution in [-0.2, 0) is 17.5 Å². The third-order valence-corrected chi connectivity index (χ3v) is 7.02. The number of aromatic amines is 1. The molecule has 1 aliphatic heterocycles. The minimum absolute atomic E-state index is 0.0173. The number of nitrogens with zero attached hydrogens (tertiary/aromatic N) is 5. The average Bonchev–Trinajstić information content (AvgIpc) is 3.41. The molecule has 1 fully saturated rings. The third kappa shape index (κ3) is 5.91. The number of imidazole rings is 1. The monoisotopic (exact) mass is 583 g/mol. The van der Waals surface area contributed by atoms with Gasteiger partial charge in [-0.15, -0.1) is 5.10 Å². The molecule has 216 valence electrons. The SMILES string of the molecule is Fc1cccc(-c2nc3cn[n+](Cc4ccc(-c5ccc(OCC6CCOCC6)cc5C(F)(F)F)nn4)cc3[nH]2)c1F. The summed E-state index contributed by atoms with van der Waals surface area (Å²) in [6, 6.07) is 10.7. The van der Waals surface area contributed by atoms with E-state index in [2.05, 4.69) is 25.3 Å². The molecule has 42 heavy (non-hydrogen) atoms. The average molecular weight is 584 g/mol. The summed E-state index contributed by atoms with van der Waals surface area (Å²) in [4.78, 5) is 7.23. The van der Waals surface area contributed by atoms with Crippen LogP contribution in [0.4, 0.5) is 22.0 Å². The van der Waals surface area contributed by atoms with E-state index in [0.717, 1.165) is 25.0 Å². The van der Waals surface area contributed by atoms with Crippen LogP contribution < -0.4 is 9.42 Å². The Morgan fingerprint density at radius 2 is 1.83 bits per heavy atom. The number of aromatic nitrogens is 6. The van der Waals surface area contributed by atoms with E-state index in [0.29, 0.717) is 36.5 Å². The summed E-state index contributed by atoms with van der Waals surface area (Å²) < 4.78 is 82.3. The van der Waals surface area contributed by atoms with Crippen LogP contribution in [0.1, 0.15) is 24.1 Å². The fraction of sp³-hybridized carbons (Fsp3) is 0.276. The highest BCUT2D eigenvalue weighted by Gasteiger charge is 2.35. The van der Waals surface area contributed by atoms with Crippen molar-refractivity contribution in [2.75, 3.05) is 19.8 Å². The van der Waals surface area contributed by atoms with Gasteiger partial charge in [0, 0.05) is 18.8 Å². The van der Waals surface area contributed by atoms with Crippen LogP contribution in [0.2, 0.25) is 0 Å². The Hall–Kier alpha value is -4.52. The summed E-state index contributed by atoms with van der Waals surface area (Å²) in [6.07, 6.45) is 0.0621. The van der Waals surface area contributed by atoms with E-state index in [1.54, 1.807) is 12.3 Å². The summed E-state index contributed by atoms with van der Waals surface area (Å²) in [5.41, 5.74) is 0.467. The summed E-state index contributed by atoms with van der Waals surface area (Å²) in [7, 11) is 0. The van der Waals surface area contributed by atoms with Crippen LogP contribution in [-0.4, -0.2) is 45.1 Å². The minimum atomic E-state index is -4.62. The fourth-order valence-electron chi connectivity index (χ4n) is 4.76. The molecule has 1 aliphatic rings. The molecule has 5 aromatic rings. The second-order valence-corrected chi connectivity index (χ2v) is 9.94. The quantitative estimate of drug-likeness (QED) is 0.201. The Kier molecular flexibility index (Phi) is 7.50. The number of hydrogen-bond donors (Lipinski definition) is 1. The van der Waals surface area contributed by atoms with Gasteiger partial charge in [0.05, 0.1) is 23.4 Å². The predicted molar refractivity (Wildman–Crippen MR) is 140 cm³/mol. The van der Waals surface area contributed by atoms with Gasteiger partial charge in [0.15, 0.2) is 11.6 Å². The van der Waals surface area contributed by atoms with Gasteiger partial charge in [-0.1, -0.05) is 10.7 Å². The van der Waals surface area contributed by atoms with Gasteiger partial charge in [0.1, 0.15) is 34.5 Å². The molecule has 0 radical (unpaired) electrons. The highest BCUT2D eigenvalue weighted by Crippen LogP contribution is 2.38. The Balaban J connectivity index is 1.19. The molecule has 0 amide bonds. The lowest BCUT2D eigenvalue weighted by Gasteiger charge is -2.22. The molecule has 0 saturated carbocycles. The Bertz CT molecular complexity index is 1720. The molecular weight excluding hydrogens is 559 g/mol. The van der Waals surface area contributed by atoms with E-state index in [4.69, 9.17) is 9.47 Å². The van der Waals surface area contributed by atoms with Crippen molar-refractivity contribution in [3.63, 3.8) is 0 Å². The Labute approximate surface area is 236 Å². The first-order chi connectivity index (χ1) is 20.2. The first-order valence-electron chi connectivity index (χ1n) is 13.2. The van der Waals surface area contributed by atoms with Gasteiger partial charge < -0.3 is 14.5 Å². The van der Waals surface area contributed by atoms with E-state index in [-0.39, 0.29) is 40.9 Å². The molecule has 0 aliphatic carbocycles. The van der Waals surface area contributed by atoms with Crippen LogP contribution in [0.5, 0.6) is 5.75 Å². The zero-order chi connectivity index (χ0) is 29.3. The van der Waals surface area contributed by atoms with Crippen molar-refractivity contribution < 1.29 is 36.1 Å². The smallest absolute Gasteiger partial charge is 0.417 e. The molecule has 6 rings (SSSR count). The maximum Gasteiger partial charge on any atom is 0.417 e. The van der Waals surface area contributed by atoms with Crippen molar-refractivity contribution in [2.45, 2.75) is 25.6 Å². The number of benzene rings is 2. The predicted octanol–water partition coefficient (Wildman–Crippen LogP) is 5.52. The first-order valence-corrected chi connectivity index (χ1v) is 13.2. The summed E-state index contributed by atoms with van der Waals surface area (Å²) in [5.74, 6) is -1.47. The fourth-order valence-corrected chi connectivity index (χ4v) is 4.76. The van der Waals surface area contributed by atoms with Gasteiger partial charge in [-0.05, 0) is 66.3 Å². The van der Waals surface area contributed by atoms with Gasteiger partial charge in [-0.3, -0.25) is 0 Å². The van der Waals surface area contributed by atoms with E-state index in [9.17, 15) is 22.0 Å². The summed E-state index contributed by atoms with van der Waals surface area (Å²) in [5, 5.41) is 12.4. The molecule has 0 unspecified atom stereocenters. The lowest BCUT2D eigenvalue weighted by molar-refractivity contribution is -0.745. The second-order valence-electron chi connectivity index (χ2n) is 9.94. The zero-order valence-electron chi connectivity index (χ0n) is 22.0. The van der Waals surface area contributed by atoms with E-state index >= 15 is 0 Å². The zero-order valence-corrected chi connectivity index (χ0v) is 22.0. The first kappa shape index (κ1) is 27.6. The number of hydrogen-bond acceptors (Lipinski definition) is 6. The molecule has 0 bridgehead atoms. The van der Waals surface area contributed by atoms with Crippen molar-refractivity contribution in [1.82, 2.24) is 25.3 Å². The van der Waals surface area contributed by atoms with Crippen molar-refractivity contribution in [2.24, 2.45) is 5.92 Å². The van der Waals surface area contributed by atoms with Crippen LogP contribution in [0, 0.1) is 17.6 Å². The number of alkyl halides is 3. The Morgan fingerprint density at radius 1 is 1.00 bits per heavy atom. The van der Waals surface area contributed by atoms with Gasteiger partial charge >= 0.3 is 6.18 Å². The van der Waals surface area contributed by atoms with E-state index in [1.165, 1.54) is 41.2 Å². The maximum absolute atomic E-state index is 14.2. The number of halogens is 5. The normalized spacial score (nSPS) is 14.4. The molecule has 2 aromatic carbocycles. The lowest BCUT2D eigenvalue weighted by atomic mass is 10.0. The maximum atomic E-state index is 14.2. The second kappa shape index (κ2) is 11.4. The van der Waals surface area contributed by atoms with E-state index < -0.39 is 23.4 Å². The largest absolute Gasteiger partial charge is 0.493 e. The summed E-state index contributed by atoms with van der Waals surface area (Å²) in [6.45, 7) is 1.73. The molecule has 4 heterocycles. The third-order valence-electron chi connectivity index (χ3n) is 7.02. The minimum Gasteiger partial charge on any atom is -0.493 e. The highest BCUT2D eigenvalue weighted by atomic mass is 19.4. The molecule has 1 saturated heterocycles. The number of rotatable bonds is 7. The van der Waals surface area contributed by atoms with Crippen LogP contribution >= 0.6 is 0 Å². The Morgan fingerprint density at radius 3 is 2.60 bits per heavy atom. The molecule has 13 heteroatoms. The van der Waals surface area contributed by atoms with Crippen LogP contribution in [0.25, 0.3) is 33.7 Å². The standard InChI is InChI=1S/C29H23F5N6O2/c30-23-3-1-2-21(27(23)31)28-36-25-13-35-40(15-26(25)37-28)14-18-4-7-24(39-38-18)20-6-5-19(12-22(20)29(32,33)34)42-16-17-8-10-41-11-9-17/h1-7,12-13,15,17H,8-11,14,16H2/p+1. The highest BCUT2D eigenvalue weighted by molar-refractivity contribution is 5.77. The molecule has 3 aromatic heterocycles. The van der Waals surface area contributed by atoms with Crippen LogP contribution in [0.15, 0.2) is 60.9 Å². The number of ether oxygens (including phenoxy) is 2. The number of H-pyrrole nitrogens is 1. The van der Waals surface area contributed by atoms with Crippen molar-refractivity contribution in [1.29, 1.82) is 0 Å². The van der Waals surface area contributed by atoms with Gasteiger partial charge in [0.2, 0.25) is 12.7 Å². The molecule has 0 spiro atoms. The van der Waals surface area contributed by atoms with E-state index in [1.807, 2.05) is 0 Å².